The summed E-state index contributed by atoms with van der Waals surface area (Å²) in [6, 6.07) is 3.28. The van der Waals surface area contributed by atoms with Crippen LogP contribution in [0.5, 0.6) is 11.8 Å². The fraction of sp³-hybridized carbons (Fsp3) is 0.625. The summed E-state index contributed by atoms with van der Waals surface area (Å²) < 4.78 is 16.0. The minimum Gasteiger partial charge on any atom is -0.481 e. The fourth-order valence-electron chi connectivity index (χ4n) is 3.24. The number of rotatable bonds is 4. The van der Waals surface area contributed by atoms with Crippen LogP contribution in [0.4, 0.5) is 0 Å². The van der Waals surface area contributed by atoms with E-state index in [1.54, 1.807) is 17.0 Å². The van der Waals surface area contributed by atoms with Crippen LogP contribution in [0.2, 0.25) is 0 Å². The molecule has 0 aliphatic carbocycles. The Balaban J connectivity index is 1.70. The van der Waals surface area contributed by atoms with Crippen LogP contribution < -0.4 is 9.47 Å². The van der Waals surface area contributed by atoms with Gasteiger partial charge in [-0.25, -0.2) is 0 Å². The second kappa shape index (κ2) is 5.65. The van der Waals surface area contributed by atoms with Crippen LogP contribution in [0.25, 0.3) is 0 Å². The van der Waals surface area contributed by atoms with Crippen molar-refractivity contribution in [3.63, 3.8) is 0 Å². The predicted octanol–water partition coefficient (Wildman–Crippen LogP) is 0.855. The second-order valence-electron chi connectivity index (χ2n) is 6.30. The van der Waals surface area contributed by atoms with E-state index in [0.29, 0.717) is 44.0 Å². The van der Waals surface area contributed by atoms with E-state index in [4.69, 9.17) is 14.2 Å². The summed E-state index contributed by atoms with van der Waals surface area (Å²) in [5.41, 5.74) is -0.783. The first-order valence-corrected chi connectivity index (χ1v) is 7.69. The van der Waals surface area contributed by atoms with Gasteiger partial charge in [-0.2, -0.15) is 4.98 Å². The molecule has 1 aromatic heterocycles. The van der Waals surface area contributed by atoms with Gasteiger partial charge in [0, 0.05) is 12.5 Å². The maximum absolute atomic E-state index is 12.6. The molecule has 7 nitrogen and oxygen atoms in total. The molecule has 3 heterocycles. The molecule has 3 rings (SSSR count). The summed E-state index contributed by atoms with van der Waals surface area (Å²) in [4.78, 5) is 18.4. The molecule has 2 saturated heterocycles. The summed E-state index contributed by atoms with van der Waals surface area (Å²) in [5, 5.41) is 10.3. The van der Waals surface area contributed by atoms with E-state index in [1.165, 1.54) is 14.2 Å². The number of methoxy groups -OCH3 is 2. The third kappa shape index (κ3) is 2.74. The number of pyridine rings is 1. The number of ether oxygens (including phenoxy) is 3. The van der Waals surface area contributed by atoms with Crippen molar-refractivity contribution < 1.29 is 24.1 Å². The largest absolute Gasteiger partial charge is 0.481 e. The molecule has 126 valence electrons. The molecular formula is C16H22N2O5. The molecular weight excluding hydrogens is 300 g/mol. The summed E-state index contributed by atoms with van der Waals surface area (Å²) >= 11 is 0. The third-order valence-electron chi connectivity index (χ3n) is 4.67. The van der Waals surface area contributed by atoms with Crippen molar-refractivity contribution in [2.75, 3.05) is 33.9 Å². The minimum atomic E-state index is -0.769. The van der Waals surface area contributed by atoms with Gasteiger partial charge in [0.1, 0.15) is 11.2 Å². The number of amides is 1. The molecule has 0 saturated carbocycles. The van der Waals surface area contributed by atoms with Crippen LogP contribution in [-0.2, 0) is 4.74 Å². The van der Waals surface area contributed by atoms with Gasteiger partial charge in [0.05, 0.1) is 39.5 Å². The van der Waals surface area contributed by atoms with Gasteiger partial charge in [-0.15, -0.1) is 0 Å². The van der Waals surface area contributed by atoms with Gasteiger partial charge < -0.3 is 24.2 Å². The molecule has 1 amide bonds. The van der Waals surface area contributed by atoms with Crippen LogP contribution in [-0.4, -0.2) is 66.0 Å². The maximum atomic E-state index is 12.6. The van der Waals surface area contributed by atoms with E-state index in [2.05, 4.69) is 4.98 Å². The molecule has 0 radical (unpaired) electrons. The van der Waals surface area contributed by atoms with Crippen molar-refractivity contribution >= 4 is 5.91 Å². The normalized spacial score (nSPS) is 25.3. The van der Waals surface area contributed by atoms with E-state index in [-0.39, 0.29) is 11.8 Å². The van der Waals surface area contributed by atoms with Crippen molar-refractivity contribution in [1.29, 1.82) is 0 Å². The van der Waals surface area contributed by atoms with Crippen LogP contribution in [0.15, 0.2) is 12.1 Å². The number of carbonyl (C=O) groups excluding carboxylic acids is 1. The standard InChI is InChI=1S/C16H22N2O5/c1-4-15(20)7-16(23-10-15)8-18(9-16)14(19)11-5-6-12(21-2)17-13(11)22-3/h5-6,20H,4,7-10H2,1-3H3. The summed E-state index contributed by atoms with van der Waals surface area (Å²) in [5.74, 6) is 0.483. The van der Waals surface area contributed by atoms with E-state index in [1.807, 2.05) is 6.92 Å². The molecule has 1 unspecified atom stereocenters. The smallest absolute Gasteiger partial charge is 0.259 e. The Hall–Kier alpha value is -1.86. The zero-order valence-corrected chi connectivity index (χ0v) is 13.7. The van der Waals surface area contributed by atoms with Crippen LogP contribution in [0.3, 0.4) is 0 Å². The fourth-order valence-corrected chi connectivity index (χ4v) is 3.24. The minimum absolute atomic E-state index is 0.154. The maximum Gasteiger partial charge on any atom is 0.259 e. The van der Waals surface area contributed by atoms with Crippen LogP contribution in [0, 0.1) is 0 Å². The average molecular weight is 322 g/mol. The Labute approximate surface area is 135 Å². The molecule has 1 spiro atoms. The first-order valence-electron chi connectivity index (χ1n) is 7.69. The number of aliphatic hydroxyl groups is 1. The molecule has 23 heavy (non-hydrogen) atoms. The molecule has 0 bridgehead atoms. The lowest BCUT2D eigenvalue weighted by molar-refractivity contribution is -0.0956. The lowest BCUT2D eigenvalue weighted by Gasteiger charge is -2.47. The summed E-state index contributed by atoms with van der Waals surface area (Å²) in [6.07, 6.45) is 1.22. The number of hydrogen-bond acceptors (Lipinski definition) is 6. The summed E-state index contributed by atoms with van der Waals surface area (Å²) in [6.45, 7) is 3.23. The van der Waals surface area contributed by atoms with Crippen LogP contribution >= 0.6 is 0 Å². The number of likely N-dealkylation sites (tertiary alicyclic amines) is 1. The number of hydrogen-bond donors (Lipinski definition) is 1. The monoisotopic (exact) mass is 322 g/mol. The van der Waals surface area contributed by atoms with E-state index >= 15 is 0 Å². The summed E-state index contributed by atoms with van der Waals surface area (Å²) in [7, 11) is 2.98. The van der Waals surface area contributed by atoms with Crippen molar-refractivity contribution in [3.8, 4) is 11.8 Å². The highest BCUT2D eigenvalue weighted by molar-refractivity contribution is 5.97. The predicted molar refractivity (Wildman–Crippen MR) is 81.8 cm³/mol. The van der Waals surface area contributed by atoms with E-state index < -0.39 is 11.2 Å². The van der Waals surface area contributed by atoms with Gasteiger partial charge in [0.25, 0.3) is 5.91 Å². The molecule has 2 aliphatic heterocycles. The van der Waals surface area contributed by atoms with Gasteiger partial charge >= 0.3 is 0 Å². The highest BCUT2D eigenvalue weighted by Gasteiger charge is 2.55. The quantitative estimate of drug-likeness (QED) is 0.885. The number of nitrogens with zero attached hydrogens (tertiary/aromatic N) is 2. The van der Waals surface area contributed by atoms with E-state index in [0.717, 1.165) is 0 Å². The van der Waals surface area contributed by atoms with Crippen molar-refractivity contribution in [2.24, 2.45) is 0 Å². The SMILES string of the molecule is CCC1(O)COC2(CN(C(=O)c3ccc(OC)nc3OC)C2)C1. The van der Waals surface area contributed by atoms with Gasteiger partial charge in [-0.1, -0.05) is 6.92 Å². The topological polar surface area (TPSA) is 81.1 Å². The molecule has 7 heteroatoms. The van der Waals surface area contributed by atoms with Gasteiger partial charge in [-0.05, 0) is 12.5 Å². The van der Waals surface area contributed by atoms with Gasteiger partial charge in [0.2, 0.25) is 11.8 Å². The molecule has 1 aromatic rings. The molecule has 2 aliphatic rings. The van der Waals surface area contributed by atoms with Crippen LogP contribution in [0.1, 0.15) is 30.1 Å². The van der Waals surface area contributed by atoms with Gasteiger partial charge in [0.15, 0.2) is 0 Å². The Kier molecular flexibility index (Phi) is 3.93. The van der Waals surface area contributed by atoms with Crippen molar-refractivity contribution in [2.45, 2.75) is 31.0 Å². The number of carbonyl (C=O) groups is 1. The molecule has 1 N–H and O–H groups in total. The van der Waals surface area contributed by atoms with Gasteiger partial charge in [-0.3, -0.25) is 4.79 Å². The first-order chi connectivity index (χ1) is 10.9. The second-order valence-corrected chi connectivity index (χ2v) is 6.30. The Morgan fingerprint density at radius 2 is 2.13 bits per heavy atom. The highest BCUT2D eigenvalue weighted by atomic mass is 16.5. The lowest BCUT2D eigenvalue weighted by Crippen LogP contribution is -2.63. The first kappa shape index (κ1) is 16.0. The number of aromatic nitrogens is 1. The molecule has 0 aromatic carbocycles. The zero-order valence-electron chi connectivity index (χ0n) is 13.7. The molecule has 1 atom stereocenters. The Morgan fingerprint density at radius 3 is 2.70 bits per heavy atom. The molecule has 2 fully saturated rings. The Morgan fingerprint density at radius 1 is 1.39 bits per heavy atom. The highest BCUT2D eigenvalue weighted by Crippen LogP contribution is 2.42. The van der Waals surface area contributed by atoms with E-state index in [9.17, 15) is 9.90 Å². The third-order valence-corrected chi connectivity index (χ3v) is 4.67. The van der Waals surface area contributed by atoms with Crippen molar-refractivity contribution in [3.05, 3.63) is 17.7 Å². The Bertz CT molecular complexity index is 614. The van der Waals surface area contributed by atoms with Crippen molar-refractivity contribution in [1.82, 2.24) is 9.88 Å². The lowest BCUT2D eigenvalue weighted by atomic mass is 9.83. The average Bonchev–Trinajstić information content (AvgIpc) is 2.91. The zero-order chi connectivity index (χ0) is 16.7.